The van der Waals surface area contributed by atoms with Crippen LogP contribution >= 0.6 is 0 Å². The van der Waals surface area contributed by atoms with Crippen molar-refractivity contribution in [1.29, 1.82) is 0 Å². The van der Waals surface area contributed by atoms with Gasteiger partial charge >= 0.3 is 0 Å². The summed E-state index contributed by atoms with van der Waals surface area (Å²) in [6, 6.07) is 1.19. The van der Waals surface area contributed by atoms with Crippen molar-refractivity contribution in [2.45, 2.75) is 52.1 Å². The van der Waals surface area contributed by atoms with Crippen LogP contribution in [0.15, 0.2) is 0 Å². The van der Waals surface area contributed by atoms with Gasteiger partial charge in [-0.1, -0.05) is 20.3 Å². The molecule has 0 aromatic rings. The highest BCUT2D eigenvalue weighted by molar-refractivity contribution is 4.79. The molecule has 2 heteroatoms. The molecule has 2 nitrogen and oxygen atoms in total. The maximum Gasteiger partial charge on any atom is 0.00924 e. The predicted molar refractivity (Wildman–Crippen MR) is 57.7 cm³/mol. The maximum atomic E-state index is 5.88. The highest BCUT2D eigenvalue weighted by Gasteiger charge is 2.23. The Morgan fingerprint density at radius 1 is 1.31 bits per heavy atom. The van der Waals surface area contributed by atoms with Gasteiger partial charge in [-0.05, 0) is 38.8 Å². The van der Waals surface area contributed by atoms with E-state index in [9.17, 15) is 0 Å². The van der Waals surface area contributed by atoms with Crippen molar-refractivity contribution in [2.24, 2.45) is 11.7 Å². The Kier molecular flexibility index (Phi) is 4.20. The van der Waals surface area contributed by atoms with Gasteiger partial charge in [0.1, 0.15) is 0 Å². The van der Waals surface area contributed by atoms with Crippen LogP contribution in [-0.4, -0.2) is 30.1 Å². The lowest BCUT2D eigenvalue weighted by atomic mass is 9.96. The first kappa shape index (κ1) is 11.0. The van der Waals surface area contributed by atoms with Crippen LogP contribution in [0.3, 0.4) is 0 Å². The molecule has 0 saturated carbocycles. The van der Waals surface area contributed by atoms with Gasteiger partial charge in [0.2, 0.25) is 0 Å². The van der Waals surface area contributed by atoms with Gasteiger partial charge in [-0.15, -0.1) is 0 Å². The lowest BCUT2D eigenvalue weighted by molar-refractivity contribution is 0.124. The summed E-state index contributed by atoms with van der Waals surface area (Å²) < 4.78 is 0. The van der Waals surface area contributed by atoms with Gasteiger partial charge in [0.05, 0.1) is 0 Å². The van der Waals surface area contributed by atoms with Crippen LogP contribution < -0.4 is 5.73 Å². The highest BCUT2D eigenvalue weighted by atomic mass is 15.2. The highest BCUT2D eigenvalue weighted by Crippen LogP contribution is 2.18. The number of nitrogens with two attached hydrogens (primary N) is 1. The van der Waals surface area contributed by atoms with Crippen LogP contribution in [0.2, 0.25) is 0 Å². The fourth-order valence-corrected chi connectivity index (χ4v) is 2.03. The average Bonchev–Trinajstić information content (AvgIpc) is 2.17. The summed E-state index contributed by atoms with van der Waals surface area (Å²) in [5, 5.41) is 0. The second-order valence-corrected chi connectivity index (χ2v) is 4.50. The third-order valence-corrected chi connectivity index (χ3v) is 3.62. The number of likely N-dealkylation sites (tertiary alicyclic amines) is 1. The van der Waals surface area contributed by atoms with Gasteiger partial charge in [0, 0.05) is 12.1 Å². The first-order chi connectivity index (χ1) is 6.15. The largest absolute Gasteiger partial charge is 0.328 e. The van der Waals surface area contributed by atoms with E-state index >= 15 is 0 Å². The van der Waals surface area contributed by atoms with E-state index in [0.717, 1.165) is 12.0 Å². The predicted octanol–water partition coefficient (Wildman–Crippen LogP) is 1.84. The molecule has 2 atom stereocenters. The Morgan fingerprint density at radius 3 is 2.31 bits per heavy atom. The molecule has 1 fully saturated rings. The second-order valence-electron chi connectivity index (χ2n) is 4.50. The number of piperidine rings is 1. The minimum atomic E-state index is 0.459. The monoisotopic (exact) mass is 184 g/mol. The van der Waals surface area contributed by atoms with Crippen molar-refractivity contribution in [3.05, 3.63) is 0 Å². The Hall–Kier alpha value is -0.0800. The summed E-state index contributed by atoms with van der Waals surface area (Å²) in [5.74, 6) is 0.814. The fraction of sp³-hybridized carbons (Fsp3) is 1.00. The Labute approximate surface area is 82.5 Å². The molecular weight excluding hydrogens is 160 g/mol. The molecule has 0 aromatic heterocycles. The first-order valence-corrected chi connectivity index (χ1v) is 5.64. The lowest BCUT2D eigenvalue weighted by Crippen LogP contribution is -2.46. The molecule has 13 heavy (non-hydrogen) atoms. The standard InChI is InChI=1S/C11H24N2/c1-4-9(2)10(3)13-7-5-11(12)6-8-13/h9-11H,4-8,12H2,1-3H3. The molecule has 0 aromatic carbocycles. The molecule has 1 saturated heterocycles. The molecule has 0 radical (unpaired) electrons. The molecule has 2 unspecified atom stereocenters. The third kappa shape index (κ3) is 2.96. The van der Waals surface area contributed by atoms with Gasteiger partial charge in [-0.25, -0.2) is 0 Å². The van der Waals surface area contributed by atoms with Crippen molar-refractivity contribution < 1.29 is 0 Å². The second kappa shape index (κ2) is 4.97. The van der Waals surface area contributed by atoms with E-state index in [4.69, 9.17) is 5.73 Å². The van der Waals surface area contributed by atoms with Crippen LogP contribution in [0.5, 0.6) is 0 Å². The quantitative estimate of drug-likeness (QED) is 0.725. The zero-order chi connectivity index (χ0) is 9.84. The topological polar surface area (TPSA) is 29.3 Å². The van der Waals surface area contributed by atoms with Gasteiger partial charge in [-0.2, -0.15) is 0 Å². The molecular formula is C11H24N2. The lowest BCUT2D eigenvalue weighted by Gasteiger charge is -2.37. The fourth-order valence-electron chi connectivity index (χ4n) is 2.03. The Bertz CT molecular complexity index is 139. The molecule has 2 N–H and O–H groups in total. The molecule has 1 rings (SSSR count). The van der Waals surface area contributed by atoms with Gasteiger partial charge in [-0.3, -0.25) is 0 Å². The van der Waals surface area contributed by atoms with Crippen LogP contribution in [0.25, 0.3) is 0 Å². The SMILES string of the molecule is CCC(C)C(C)N1CCC(N)CC1. The van der Waals surface area contributed by atoms with Gasteiger partial charge in [0.15, 0.2) is 0 Å². The number of hydrogen-bond acceptors (Lipinski definition) is 2. The van der Waals surface area contributed by atoms with E-state index in [0.29, 0.717) is 6.04 Å². The zero-order valence-electron chi connectivity index (χ0n) is 9.29. The van der Waals surface area contributed by atoms with Gasteiger partial charge in [0.25, 0.3) is 0 Å². The first-order valence-electron chi connectivity index (χ1n) is 5.64. The number of nitrogens with zero attached hydrogens (tertiary/aromatic N) is 1. The summed E-state index contributed by atoms with van der Waals surface area (Å²) >= 11 is 0. The van der Waals surface area contributed by atoms with Crippen LogP contribution in [0.1, 0.15) is 40.0 Å². The van der Waals surface area contributed by atoms with Crippen molar-refractivity contribution in [3.8, 4) is 0 Å². The van der Waals surface area contributed by atoms with Crippen LogP contribution in [0, 0.1) is 5.92 Å². The van der Waals surface area contributed by atoms with E-state index in [1.807, 2.05) is 0 Å². The Balaban J connectivity index is 2.35. The van der Waals surface area contributed by atoms with Crippen molar-refractivity contribution >= 4 is 0 Å². The molecule has 1 aliphatic heterocycles. The van der Waals surface area contributed by atoms with Crippen molar-refractivity contribution in [2.75, 3.05) is 13.1 Å². The van der Waals surface area contributed by atoms with Gasteiger partial charge < -0.3 is 10.6 Å². The molecule has 1 aliphatic rings. The maximum absolute atomic E-state index is 5.88. The van der Waals surface area contributed by atoms with E-state index in [-0.39, 0.29) is 0 Å². The van der Waals surface area contributed by atoms with Crippen LogP contribution in [-0.2, 0) is 0 Å². The smallest absolute Gasteiger partial charge is 0.00924 e. The Morgan fingerprint density at radius 2 is 1.85 bits per heavy atom. The molecule has 0 aliphatic carbocycles. The summed E-state index contributed by atoms with van der Waals surface area (Å²) in [7, 11) is 0. The van der Waals surface area contributed by atoms with E-state index in [1.54, 1.807) is 0 Å². The molecule has 78 valence electrons. The van der Waals surface area contributed by atoms with Crippen molar-refractivity contribution in [3.63, 3.8) is 0 Å². The normalized spacial score (nSPS) is 25.8. The zero-order valence-corrected chi connectivity index (χ0v) is 9.29. The van der Waals surface area contributed by atoms with E-state index < -0.39 is 0 Å². The molecule has 0 spiro atoms. The molecule has 0 bridgehead atoms. The third-order valence-electron chi connectivity index (χ3n) is 3.62. The minimum Gasteiger partial charge on any atom is -0.328 e. The average molecular weight is 184 g/mol. The minimum absolute atomic E-state index is 0.459. The summed E-state index contributed by atoms with van der Waals surface area (Å²) in [5.41, 5.74) is 5.88. The summed E-state index contributed by atoms with van der Waals surface area (Å²) in [6.07, 6.45) is 3.64. The summed E-state index contributed by atoms with van der Waals surface area (Å²) in [6.45, 7) is 9.38. The number of rotatable bonds is 3. The van der Waals surface area contributed by atoms with E-state index in [1.165, 1.54) is 32.4 Å². The summed E-state index contributed by atoms with van der Waals surface area (Å²) in [4.78, 5) is 2.59. The van der Waals surface area contributed by atoms with Crippen molar-refractivity contribution in [1.82, 2.24) is 4.90 Å². The molecule has 1 heterocycles. The molecule has 0 amide bonds. The van der Waals surface area contributed by atoms with E-state index in [2.05, 4.69) is 25.7 Å². The number of hydrogen-bond donors (Lipinski definition) is 1. The van der Waals surface area contributed by atoms with Crippen LogP contribution in [0.4, 0.5) is 0 Å².